The third kappa shape index (κ3) is 1.43. The molecule has 0 spiro atoms. The average Bonchev–Trinajstić information content (AvgIpc) is 2.84. The van der Waals surface area contributed by atoms with E-state index in [0.29, 0.717) is 21.8 Å². The quantitative estimate of drug-likeness (QED) is 0.719. The minimum atomic E-state index is 0.367. The lowest BCUT2D eigenvalue weighted by molar-refractivity contribution is 1.01. The maximum Gasteiger partial charge on any atom is 0.207 e. The predicted molar refractivity (Wildman–Crippen MR) is 63.1 cm³/mol. The number of rotatable bonds is 1. The van der Waals surface area contributed by atoms with E-state index in [0.717, 1.165) is 5.00 Å². The molecule has 2 aliphatic rings. The second-order valence-electron chi connectivity index (χ2n) is 3.13. The monoisotopic (exact) mass is 251 g/mol. The zero-order valence-corrected chi connectivity index (χ0v) is 9.53. The SMILES string of the molecule is Nc1nc2ncnc-2cn1-c1ccc(Cl)s1. The summed E-state index contributed by atoms with van der Waals surface area (Å²) in [6.45, 7) is 0. The smallest absolute Gasteiger partial charge is 0.207 e. The zero-order chi connectivity index (χ0) is 11.1. The molecule has 0 atom stereocenters. The molecule has 0 saturated heterocycles. The summed E-state index contributed by atoms with van der Waals surface area (Å²) in [5.74, 6) is 0.919. The van der Waals surface area contributed by atoms with Gasteiger partial charge in [0.2, 0.25) is 5.95 Å². The molecule has 1 aromatic rings. The Balaban J connectivity index is 2.24. The summed E-state index contributed by atoms with van der Waals surface area (Å²) in [4.78, 5) is 12.2. The van der Waals surface area contributed by atoms with Gasteiger partial charge in [-0.05, 0) is 12.1 Å². The van der Waals surface area contributed by atoms with Crippen LogP contribution < -0.4 is 5.73 Å². The van der Waals surface area contributed by atoms with E-state index < -0.39 is 0 Å². The molecule has 0 aliphatic carbocycles. The van der Waals surface area contributed by atoms with Crippen molar-refractivity contribution in [1.29, 1.82) is 0 Å². The third-order valence-corrected chi connectivity index (χ3v) is 3.35. The van der Waals surface area contributed by atoms with Gasteiger partial charge in [-0.1, -0.05) is 11.6 Å². The number of fused-ring (bicyclic) bond motifs is 1. The van der Waals surface area contributed by atoms with Gasteiger partial charge in [0, 0.05) is 6.20 Å². The Labute approximate surface area is 99.9 Å². The Morgan fingerprint density at radius 3 is 2.94 bits per heavy atom. The largest absolute Gasteiger partial charge is 0.369 e. The van der Waals surface area contributed by atoms with E-state index in [1.165, 1.54) is 17.7 Å². The average molecular weight is 252 g/mol. The summed E-state index contributed by atoms with van der Waals surface area (Å²) in [5.41, 5.74) is 6.54. The Hall–Kier alpha value is -1.66. The molecule has 2 N–H and O–H groups in total. The summed E-state index contributed by atoms with van der Waals surface area (Å²) in [7, 11) is 0. The van der Waals surface area contributed by atoms with Gasteiger partial charge < -0.3 is 5.73 Å². The molecule has 0 amide bonds. The van der Waals surface area contributed by atoms with Crippen LogP contribution in [0.25, 0.3) is 16.5 Å². The molecule has 1 aromatic heterocycles. The van der Waals surface area contributed by atoms with E-state index in [9.17, 15) is 0 Å². The molecular weight excluding hydrogens is 246 g/mol. The van der Waals surface area contributed by atoms with Crippen molar-refractivity contribution in [2.45, 2.75) is 0 Å². The minimum absolute atomic E-state index is 0.367. The van der Waals surface area contributed by atoms with Crippen molar-refractivity contribution in [3.8, 4) is 16.5 Å². The number of hydrogen-bond acceptors (Lipinski definition) is 5. The van der Waals surface area contributed by atoms with Gasteiger partial charge in [0.15, 0.2) is 5.82 Å². The summed E-state index contributed by atoms with van der Waals surface area (Å²) in [5, 5.41) is 0.903. The lowest BCUT2D eigenvalue weighted by Crippen LogP contribution is -2.06. The van der Waals surface area contributed by atoms with Crippen molar-refractivity contribution < 1.29 is 0 Å². The topological polar surface area (TPSA) is 69.6 Å². The fraction of sp³-hybridized carbons (Fsp3) is 0. The van der Waals surface area contributed by atoms with Crippen LogP contribution in [-0.4, -0.2) is 19.5 Å². The Morgan fingerprint density at radius 1 is 1.31 bits per heavy atom. The Morgan fingerprint density at radius 2 is 2.19 bits per heavy atom. The number of nitrogens with zero attached hydrogens (tertiary/aromatic N) is 4. The van der Waals surface area contributed by atoms with Crippen LogP contribution in [0.2, 0.25) is 4.34 Å². The number of nitrogens with two attached hydrogens (primary N) is 1. The number of aromatic nitrogens is 4. The second kappa shape index (κ2) is 3.43. The van der Waals surface area contributed by atoms with Crippen molar-refractivity contribution in [3.05, 3.63) is 29.0 Å². The molecule has 5 nitrogen and oxygen atoms in total. The van der Waals surface area contributed by atoms with Crippen molar-refractivity contribution in [2.75, 3.05) is 5.73 Å². The van der Waals surface area contributed by atoms with Gasteiger partial charge >= 0.3 is 0 Å². The number of thiophene rings is 1. The molecule has 7 heteroatoms. The van der Waals surface area contributed by atoms with E-state index in [1.54, 1.807) is 10.8 Å². The molecule has 3 heterocycles. The fourth-order valence-electron chi connectivity index (χ4n) is 1.41. The van der Waals surface area contributed by atoms with Crippen LogP contribution in [0.1, 0.15) is 0 Å². The highest BCUT2D eigenvalue weighted by atomic mass is 35.5. The Kier molecular flexibility index (Phi) is 2.05. The van der Waals surface area contributed by atoms with Gasteiger partial charge in [-0.15, -0.1) is 11.3 Å². The van der Waals surface area contributed by atoms with Crippen molar-refractivity contribution in [3.63, 3.8) is 0 Å². The van der Waals surface area contributed by atoms with Gasteiger partial charge in [0.25, 0.3) is 0 Å². The van der Waals surface area contributed by atoms with Gasteiger partial charge in [-0.25, -0.2) is 9.97 Å². The zero-order valence-electron chi connectivity index (χ0n) is 7.96. The molecule has 0 unspecified atom stereocenters. The lowest BCUT2D eigenvalue weighted by atomic mass is 10.4. The standard InChI is InChI=1S/C9H6ClN5S/c10-6-1-2-7(16-6)15-3-5-8(13-4-12-5)14-9(15)11/h1-4H,(H2,11,12,13,14). The number of nitrogen functional groups attached to an aromatic ring is 1. The van der Waals surface area contributed by atoms with E-state index in [2.05, 4.69) is 15.0 Å². The highest BCUT2D eigenvalue weighted by Gasteiger charge is 2.12. The highest BCUT2D eigenvalue weighted by Crippen LogP contribution is 2.28. The van der Waals surface area contributed by atoms with E-state index >= 15 is 0 Å². The summed E-state index contributed by atoms with van der Waals surface area (Å²) in [6.07, 6.45) is 3.26. The fourth-order valence-corrected chi connectivity index (χ4v) is 2.43. The second-order valence-corrected chi connectivity index (χ2v) is 4.82. The summed E-state index contributed by atoms with van der Waals surface area (Å²) in [6, 6.07) is 3.70. The minimum Gasteiger partial charge on any atom is -0.369 e. The number of anilines is 1. The van der Waals surface area contributed by atoms with Crippen LogP contribution in [-0.2, 0) is 0 Å². The molecular formula is C9H6ClN5S. The summed E-state index contributed by atoms with van der Waals surface area (Å²) >= 11 is 7.30. The lowest BCUT2D eigenvalue weighted by Gasteiger charge is -2.08. The number of hydrogen-bond donors (Lipinski definition) is 1. The first-order valence-corrected chi connectivity index (χ1v) is 5.65. The van der Waals surface area contributed by atoms with Gasteiger partial charge in [0.05, 0.1) is 4.34 Å². The molecule has 3 rings (SSSR count). The molecule has 16 heavy (non-hydrogen) atoms. The maximum atomic E-state index is 5.88. The van der Waals surface area contributed by atoms with Gasteiger partial charge in [0.1, 0.15) is 17.0 Å². The molecule has 80 valence electrons. The van der Waals surface area contributed by atoms with Gasteiger partial charge in [-0.3, -0.25) is 4.57 Å². The van der Waals surface area contributed by atoms with Crippen LogP contribution >= 0.6 is 22.9 Å². The molecule has 0 saturated carbocycles. The first-order chi connectivity index (χ1) is 7.74. The third-order valence-electron chi connectivity index (χ3n) is 2.12. The van der Waals surface area contributed by atoms with Gasteiger partial charge in [-0.2, -0.15) is 4.98 Å². The van der Waals surface area contributed by atoms with E-state index in [4.69, 9.17) is 17.3 Å². The van der Waals surface area contributed by atoms with Crippen LogP contribution in [0.4, 0.5) is 5.95 Å². The van der Waals surface area contributed by atoms with Crippen LogP contribution in [0.15, 0.2) is 24.7 Å². The van der Waals surface area contributed by atoms with E-state index in [-0.39, 0.29) is 0 Å². The van der Waals surface area contributed by atoms with Crippen LogP contribution in [0.3, 0.4) is 0 Å². The molecule has 0 fully saturated rings. The first kappa shape index (κ1) is 9.56. The molecule has 2 aliphatic heterocycles. The first-order valence-electron chi connectivity index (χ1n) is 4.45. The molecule has 0 aromatic carbocycles. The normalized spacial score (nSPS) is 11.1. The number of halogens is 1. The van der Waals surface area contributed by atoms with E-state index in [1.807, 2.05) is 12.1 Å². The van der Waals surface area contributed by atoms with Crippen LogP contribution in [0, 0.1) is 0 Å². The van der Waals surface area contributed by atoms with Crippen LogP contribution in [0.5, 0.6) is 0 Å². The van der Waals surface area contributed by atoms with Crippen molar-refractivity contribution in [2.24, 2.45) is 0 Å². The maximum absolute atomic E-state index is 5.88. The molecule has 0 bridgehead atoms. The predicted octanol–water partition coefficient (Wildman–Crippen LogP) is 2.06. The summed E-state index contributed by atoms with van der Waals surface area (Å²) < 4.78 is 2.45. The van der Waals surface area contributed by atoms with Crippen molar-refractivity contribution in [1.82, 2.24) is 19.5 Å². The molecule has 0 radical (unpaired) electrons. The Bertz CT molecular complexity index is 616. The highest BCUT2D eigenvalue weighted by molar-refractivity contribution is 7.18. The number of imidazole rings is 1. The van der Waals surface area contributed by atoms with Crippen molar-refractivity contribution >= 4 is 28.9 Å².